The van der Waals surface area contributed by atoms with Gasteiger partial charge in [-0.25, -0.2) is 0 Å². The second-order valence-corrected chi connectivity index (χ2v) is 7.75. The maximum atomic E-state index is 13.7. The zero-order valence-corrected chi connectivity index (χ0v) is 17.8. The minimum atomic E-state index is -4.41. The van der Waals surface area contributed by atoms with Crippen LogP contribution in [0.5, 0.6) is 0 Å². The zero-order chi connectivity index (χ0) is 23.3. The van der Waals surface area contributed by atoms with E-state index in [1.165, 1.54) is 12.1 Å². The Morgan fingerprint density at radius 2 is 1.12 bits per heavy atom. The minimum absolute atomic E-state index is 0.182. The van der Waals surface area contributed by atoms with E-state index in [1.54, 1.807) is 29.2 Å². The Hall–Kier alpha value is -3.86. The molecule has 0 heterocycles. The first kappa shape index (κ1) is 22.3. The van der Waals surface area contributed by atoms with Gasteiger partial charge in [-0.2, -0.15) is 13.2 Å². The fourth-order valence-corrected chi connectivity index (χ4v) is 3.74. The van der Waals surface area contributed by atoms with E-state index in [-0.39, 0.29) is 5.91 Å². The summed E-state index contributed by atoms with van der Waals surface area (Å²) in [6.07, 6.45) is -4.41. The minimum Gasteiger partial charge on any atom is -0.330 e. The normalized spacial score (nSPS) is 11.2. The summed E-state index contributed by atoms with van der Waals surface area (Å²) < 4.78 is 39.0. The molecule has 166 valence electrons. The van der Waals surface area contributed by atoms with Gasteiger partial charge in [0.2, 0.25) is 0 Å². The third-order valence-corrected chi connectivity index (χ3v) is 5.40. The van der Waals surface area contributed by atoms with Crippen molar-refractivity contribution in [1.82, 2.24) is 4.90 Å². The maximum Gasteiger partial charge on any atom is 0.416 e. The van der Waals surface area contributed by atoms with Crippen LogP contribution in [0.15, 0.2) is 109 Å². The van der Waals surface area contributed by atoms with Crippen molar-refractivity contribution in [2.24, 2.45) is 0 Å². The predicted molar refractivity (Wildman–Crippen MR) is 123 cm³/mol. The molecule has 0 spiro atoms. The molecular weight excluding hydrogens is 423 g/mol. The predicted octanol–water partition coefficient (Wildman–Crippen LogP) is 7.22. The van der Waals surface area contributed by atoms with Crippen LogP contribution in [0.1, 0.15) is 27.0 Å². The Kier molecular flexibility index (Phi) is 6.59. The van der Waals surface area contributed by atoms with Gasteiger partial charge in [0.05, 0.1) is 5.56 Å². The second-order valence-electron chi connectivity index (χ2n) is 7.75. The van der Waals surface area contributed by atoms with E-state index in [9.17, 15) is 18.0 Å². The largest absolute Gasteiger partial charge is 0.416 e. The lowest BCUT2D eigenvalue weighted by molar-refractivity contribution is -0.137. The number of benzene rings is 4. The van der Waals surface area contributed by atoms with E-state index < -0.39 is 11.7 Å². The standard InChI is InChI=1S/C28H22F3NO/c29-28(30,31)24-17-15-23(16-18-24)25-13-7-8-14-26(25)27(33)32(19-21-9-3-1-4-10-21)20-22-11-5-2-6-12-22/h1-18H,19-20H2. The van der Waals surface area contributed by atoms with E-state index in [4.69, 9.17) is 0 Å². The molecule has 1 amide bonds. The molecule has 0 aromatic heterocycles. The quantitative estimate of drug-likeness (QED) is 0.307. The molecule has 4 rings (SSSR count). The van der Waals surface area contributed by atoms with Gasteiger partial charge in [0.25, 0.3) is 5.91 Å². The Morgan fingerprint density at radius 3 is 1.64 bits per heavy atom. The average Bonchev–Trinajstić information content (AvgIpc) is 2.84. The summed E-state index contributed by atoms with van der Waals surface area (Å²) in [5.74, 6) is -0.182. The maximum absolute atomic E-state index is 13.7. The highest BCUT2D eigenvalue weighted by Crippen LogP contribution is 2.32. The van der Waals surface area contributed by atoms with Crippen LogP contribution in [-0.4, -0.2) is 10.8 Å². The van der Waals surface area contributed by atoms with Gasteiger partial charge in [0.15, 0.2) is 0 Å². The number of amides is 1. The van der Waals surface area contributed by atoms with Crippen molar-refractivity contribution in [3.05, 3.63) is 131 Å². The van der Waals surface area contributed by atoms with Crippen LogP contribution >= 0.6 is 0 Å². The number of carbonyl (C=O) groups is 1. The molecule has 0 N–H and O–H groups in total. The van der Waals surface area contributed by atoms with E-state index in [0.717, 1.165) is 23.3 Å². The number of alkyl halides is 3. The third kappa shape index (κ3) is 5.50. The van der Waals surface area contributed by atoms with Crippen LogP contribution in [0.4, 0.5) is 13.2 Å². The van der Waals surface area contributed by atoms with Crippen LogP contribution in [-0.2, 0) is 19.3 Å². The molecular formula is C28H22F3NO. The van der Waals surface area contributed by atoms with Gasteiger partial charge in [-0.15, -0.1) is 0 Å². The Balaban J connectivity index is 1.69. The summed E-state index contributed by atoms with van der Waals surface area (Å²) in [7, 11) is 0. The number of halogens is 3. The highest BCUT2D eigenvalue weighted by molar-refractivity contribution is 6.00. The smallest absolute Gasteiger partial charge is 0.330 e. The summed E-state index contributed by atoms with van der Waals surface area (Å²) in [4.78, 5) is 15.5. The summed E-state index contributed by atoms with van der Waals surface area (Å²) in [5.41, 5.74) is 2.88. The van der Waals surface area contributed by atoms with Crippen molar-refractivity contribution in [2.75, 3.05) is 0 Å². The molecule has 0 aliphatic rings. The lowest BCUT2D eigenvalue weighted by Crippen LogP contribution is -2.30. The second kappa shape index (κ2) is 9.74. The average molecular weight is 445 g/mol. The summed E-state index contributed by atoms with van der Waals surface area (Å²) in [6.45, 7) is 0.825. The molecule has 0 aliphatic carbocycles. The van der Waals surface area contributed by atoms with Gasteiger partial charge in [-0.3, -0.25) is 4.79 Å². The molecule has 0 saturated carbocycles. The molecule has 0 atom stereocenters. The number of hydrogen-bond donors (Lipinski definition) is 0. The van der Waals surface area contributed by atoms with Crippen molar-refractivity contribution in [2.45, 2.75) is 19.3 Å². The number of rotatable bonds is 6. The van der Waals surface area contributed by atoms with Crippen LogP contribution in [0.25, 0.3) is 11.1 Å². The molecule has 0 saturated heterocycles. The molecule has 4 aromatic carbocycles. The molecule has 0 radical (unpaired) electrons. The van der Waals surface area contributed by atoms with Gasteiger partial charge < -0.3 is 4.90 Å². The molecule has 0 bridgehead atoms. The summed E-state index contributed by atoms with van der Waals surface area (Å²) >= 11 is 0. The Bertz CT molecular complexity index is 1160. The van der Waals surface area contributed by atoms with E-state index >= 15 is 0 Å². The first-order valence-electron chi connectivity index (χ1n) is 10.6. The van der Waals surface area contributed by atoms with E-state index in [1.807, 2.05) is 60.7 Å². The lowest BCUT2D eigenvalue weighted by atomic mass is 9.97. The van der Waals surface area contributed by atoms with Gasteiger partial charge in [-0.1, -0.05) is 91.0 Å². The Labute approximate surface area is 190 Å². The van der Waals surface area contributed by atoms with Gasteiger partial charge in [0.1, 0.15) is 0 Å². The highest BCUT2D eigenvalue weighted by atomic mass is 19.4. The number of carbonyl (C=O) groups excluding carboxylic acids is 1. The highest BCUT2D eigenvalue weighted by Gasteiger charge is 2.30. The van der Waals surface area contributed by atoms with Gasteiger partial charge in [0, 0.05) is 18.7 Å². The molecule has 5 heteroatoms. The van der Waals surface area contributed by atoms with Crippen molar-refractivity contribution < 1.29 is 18.0 Å². The van der Waals surface area contributed by atoms with Gasteiger partial charge >= 0.3 is 6.18 Å². The fraction of sp³-hybridized carbons (Fsp3) is 0.107. The topological polar surface area (TPSA) is 20.3 Å². The van der Waals surface area contributed by atoms with E-state index in [0.29, 0.717) is 29.8 Å². The zero-order valence-electron chi connectivity index (χ0n) is 17.8. The van der Waals surface area contributed by atoms with E-state index in [2.05, 4.69) is 0 Å². The van der Waals surface area contributed by atoms with Crippen LogP contribution in [0.3, 0.4) is 0 Å². The molecule has 0 fully saturated rings. The Morgan fingerprint density at radius 1 is 0.636 bits per heavy atom. The summed E-state index contributed by atoms with van der Waals surface area (Å²) in [5, 5.41) is 0. The monoisotopic (exact) mass is 445 g/mol. The molecule has 2 nitrogen and oxygen atoms in total. The molecule has 0 unspecified atom stereocenters. The van der Waals surface area contributed by atoms with Crippen molar-refractivity contribution in [1.29, 1.82) is 0 Å². The summed E-state index contributed by atoms with van der Waals surface area (Å²) in [6, 6.07) is 31.4. The third-order valence-electron chi connectivity index (χ3n) is 5.40. The first-order chi connectivity index (χ1) is 15.9. The van der Waals surface area contributed by atoms with Gasteiger partial charge in [-0.05, 0) is 40.5 Å². The van der Waals surface area contributed by atoms with Crippen LogP contribution in [0.2, 0.25) is 0 Å². The lowest BCUT2D eigenvalue weighted by Gasteiger charge is -2.24. The van der Waals surface area contributed by atoms with Crippen LogP contribution < -0.4 is 0 Å². The van der Waals surface area contributed by atoms with Crippen molar-refractivity contribution in [3.8, 4) is 11.1 Å². The molecule has 4 aromatic rings. The first-order valence-corrected chi connectivity index (χ1v) is 10.6. The van der Waals surface area contributed by atoms with Crippen molar-refractivity contribution in [3.63, 3.8) is 0 Å². The number of hydrogen-bond acceptors (Lipinski definition) is 1. The van der Waals surface area contributed by atoms with Crippen LogP contribution in [0, 0.1) is 0 Å². The van der Waals surface area contributed by atoms with Crippen molar-refractivity contribution >= 4 is 5.91 Å². The number of nitrogens with zero attached hydrogens (tertiary/aromatic N) is 1. The molecule has 0 aliphatic heterocycles. The fourth-order valence-electron chi connectivity index (χ4n) is 3.74. The SMILES string of the molecule is O=C(c1ccccc1-c1ccc(C(F)(F)F)cc1)N(Cc1ccccc1)Cc1ccccc1. The molecule has 33 heavy (non-hydrogen) atoms.